The fourth-order valence-corrected chi connectivity index (χ4v) is 4.28. The van der Waals surface area contributed by atoms with E-state index in [1.54, 1.807) is 0 Å². The normalized spacial score (nSPS) is 42.2. The van der Waals surface area contributed by atoms with Gasteiger partial charge >= 0.3 is 0 Å². The van der Waals surface area contributed by atoms with Crippen LogP contribution in [0.5, 0.6) is 0 Å². The molecule has 0 aromatic heterocycles. The quantitative estimate of drug-likeness (QED) is 0.806. The average molecular weight is 242 g/mol. The maximum atomic E-state index is 6.13. The van der Waals surface area contributed by atoms with Gasteiger partial charge in [0.05, 0.1) is 0 Å². The van der Waals surface area contributed by atoms with Gasteiger partial charge in [0.1, 0.15) is 0 Å². The molecule has 3 heteroatoms. The first-order valence-corrected chi connectivity index (χ1v) is 7.84. The molecule has 94 valence electrons. The van der Waals surface area contributed by atoms with Crippen molar-refractivity contribution in [1.29, 1.82) is 0 Å². The molecule has 0 aromatic carbocycles. The van der Waals surface area contributed by atoms with Gasteiger partial charge in [-0.2, -0.15) is 11.8 Å². The Kier molecular flexibility index (Phi) is 4.57. The minimum absolute atomic E-state index is 0.422. The van der Waals surface area contributed by atoms with E-state index in [0.717, 1.165) is 5.25 Å². The predicted molar refractivity (Wildman–Crippen MR) is 72.9 cm³/mol. The van der Waals surface area contributed by atoms with Crippen molar-refractivity contribution < 1.29 is 0 Å². The lowest BCUT2D eigenvalue weighted by molar-refractivity contribution is 0.0974. The maximum Gasteiger partial charge on any atom is 0.0175 e. The number of likely N-dealkylation sites (tertiary alicyclic amines) is 1. The summed E-state index contributed by atoms with van der Waals surface area (Å²) in [7, 11) is 0. The fourth-order valence-electron chi connectivity index (χ4n) is 2.94. The van der Waals surface area contributed by atoms with Crippen LogP contribution >= 0.6 is 11.8 Å². The zero-order valence-electron chi connectivity index (χ0n) is 10.7. The molecular formula is C13H26N2S. The van der Waals surface area contributed by atoms with E-state index in [4.69, 9.17) is 5.73 Å². The van der Waals surface area contributed by atoms with E-state index < -0.39 is 0 Å². The van der Waals surface area contributed by atoms with Crippen molar-refractivity contribution in [2.45, 2.75) is 56.9 Å². The number of nitrogens with zero attached hydrogens (tertiary/aromatic N) is 1. The van der Waals surface area contributed by atoms with Crippen molar-refractivity contribution >= 4 is 11.8 Å². The highest BCUT2D eigenvalue weighted by molar-refractivity contribution is 7.99. The molecule has 2 aliphatic heterocycles. The molecular weight excluding hydrogens is 216 g/mol. The van der Waals surface area contributed by atoms with E-state index in [2.05, 4.69) is 30.5 Å². The van der Waals surface area contributed by atoms with E-state index in [-0.39, 0.29) is 0 Å². The first kappa shape index (κ1) is 12.7. The van der Waals surface area contributed by atoms with Gasteiger partial charge in [0.25, 0.3) is 0 Å². The third kappa shape index (κ3) is 2.93. The Morgan fingerprint density at radius 2 is 2.06 bits per heavy atom. The van der Waals surface area contributed by atoms with Gasteiger partial charge in [0.2, 0.25) is 0 Å². The molecule has 0 spiro atoms. The summed E-state index contributed by atoms with van der Waals surface area (Å²) >= 11 is 2.19. The summed E-state index contributed by atoms with van der Waals surface area (Å²) in [4.78, 5) is 2.68. The summed E-state index contributed by atoms with van der Waals surface area (Å²) in [6.07, 6.45) is 5.48. The molecule has 0 radical (unpaired) electrons. The zero-order valence-corrected chi connectivity index (χ0v) is 11.5. The first-order valence-electron chi connectivity index (χ1n) is 6.79. The molecule has 0 amide bonds. The number of rotatable bonds is 2. The van der Waals surface area contributed by atoms with E-state index >= 15 is 0 Å². The largest absolute Gasteiger partial charge is 0.327 e. The van der Waals surface area contributed by atoms with Crippen LogP contribution in [0.25, 0.3) is 0 Å². The zero-order chi connectivity index (χ0) is 11.5. The lowest BCUT2D eigenvalue weighted by Gasteiger charge is -2.43. The second kappa shape index (κ2) is 5.74. The lowest BCUT2D eigenvalue weighted by atomic mass is 9.87. The fraction of sp³-hybridized carbons (Fsp3) is 1.00. The number of hydrogen-bond acceptors (Lipinski definition) is 3. The summed E-state index contributed by atoms with van der Waals surface area (Å²) in [6.45, 7) is 7.18. The second-order valence-corrected chi connectivity index (χ2v) is 6.94. The van der Waals surface area contributed by atoms with Crippen molar-refractivity contribution in [2.75, 3.05) is 18.8 Å². The van der Waals surface area contributed by atoms with Gasteiger partial charge < -0.3 is 5.73 Å². The molecule has 0 bridgehead atoms. The van der Waals surface area contributed by atoms with Gasteiger partial charge in [-0.25, -0.2) is 0 Å². The van der Waals surface area contributed by atoms with Crippen LogP contribution in [0.15, 0.2) is 0 Å². The minimum Gasteiger partial charge on any atom is -0.327 e. The van der Waals surface area contributed by atoms with Crippen LogP contribution in [0.1, 0.15) is 39.5 Å². The first-order chi connectivity index (χ1) is 7.68. The number of nitrogens with two attached hydrogens (primary N) is 1. The van der Waals surface area contributed by atoms with Crippen LogP contribution in [0, 0.1) is 5.92 Å². The van der Waals surface area contributed by atoms with E-state index in [1.807, 2.05) is 0 Å². The van der Waals surface area contributed by atoms with Gasteiger partial charge in [-0.3, -0.25) is 4.90 Å². The average Bonchev–Trinajstić information content (AvgIpc) is 2.31. The highest BCUT2D eigenvalue weighted by Gasteiger charge is 2.31. The molecule has 0 saturated carbocycles. The highest BCUT2D eigenvalue weighted by atomic mass is 32.2. The van der Waals surface area contributed by atoms with Crippen molar-refractivity contribution in [3.05, 3.63) is 0 Å². The molecule has 0 aliphatic carbocycles. The Morgan fingerprint density at radius 1 is 1.25 bits per heavy atom. The van der Waals surface area contributed by atoms with Gasteiger partial charge in [-0.05, 0) is 44.4 Å². The molecule has 4 unspecified atom stereocenters. The molecule has 4 atom stereocenters. The molecule has 2 rings (SSSR count). The van der Waals surface area contributed by atoms with Crippen LogP contribution in [-0.4, -0.2) is 41.1 Å². The van der Waals surface area contributed by atoms with E-state index in [1.165, 1.54) is 44.5 Å². The van der Waals surface area contributed by atoms with E-state index in [9.17, 15) is 0 Å². The van der Waals surface area contributed by atoms with E-state index in [0.29, 0.717) is 18.0 Å². The molecule has 2 aliphatic rings. The van der Waals surface area contributed by atoms with Gasteiger partial charge in [0.15, 0.2) is 0 Å². The Morgan fingerprint density at radius 3 is 2.75 bits per heavy atom. The van der Waals surface area contributed by atoms with Crippen molar-refractivity contribution in [1.82, 2.24) is 4.90 Å². The molecule has 2 heterocycles. The SMILES string of the molecule is CC1C(N)CCN(CC2CCCCS2)C1C. The number of thioether (sulfide) groups is 1. The summed E-state index contributed by atoms with van der Waals surface area (Å²) in [5, 5.41) is 0.887. The molecule has 2 N–H and O–H groups in total. The molecule has 0 aromatic rings. The van der Waals surface area contributed by atoms with Crippen LogP contribution < -0.4 is 5.73 Å². The number of piperidine rings is 1. The highest BCUT2D eigenvalue weighted by Crippen LogP contribution is 2.29. The Hall–Kier alpha value is 0.270. The summed E-state index contributed by atoms with van der Waals surface area (Å²) in [5.74, 6) is 2.03. The minimum atomic E-state index is 0.422. The van der Waals surface area contributed by atoms with Crippen LogP contribution in [0.3, 0.4) is 0 Å². The third-order valence-corrected chi connectivity index (χ3v) is 5.85. The second-order valence-electron chi connectivity index (χ2n) is 5.54. The molecule has 2 saturated heterocycles. The maximum absolute atomic E-state index is 6.13. The topological polar surface area (TPSA) is 29.3 Å². The summed E-state index contributed by atoms with van der Waals surface area (Å²) < 4.78 is 0. The summed E-state index contributed by atoms with van der Waals surface area (Å²) in [5.41, 5.74) is 6.13. The van der Waals surface area contributed by atoms with Gasteiger partial charge in [-0.15, -0.1) is 0 Å². The Balaban J connectivity index is 1.84. The third-order valence-electron chi connectivity index (χ3n) is 4.47. The monoisotopic (exact) mass is 242 g/mol. The summed E-state index contributed by atoms with van der Waals surface area (Å²) in [6, 6.07) is 1.09. The lowest BCUT2D eigenvalue weighted by Crippen LogP contribution is -2.53. The Bertz CT molecular complexity index is 216. The van der Waals surface area contributed by atoms with Crippen LogP contribution in [0.4, 0.5) is 0 Å². The van der Waals surface area contributed by atoms with Gasteiger partial charge in [0, 0.05) is 23.9 Å². The Labute approximate surface area is 104 Å². The standard InChI is InChI=1S/C13H26N2S/c1-10-11(2)15(7-6-13(10)14)9-12-5-3-4-8-16-12/h10-13H,3-9,14H2,1-2H3. The van der Waals surface area contributed by atoms with Crippen molar-refractivity contribution in [3.63, 3.8) is 0 Å². The van der Waals surface area contributed by atoms with Gasteiger partial charge in [-0.1, -0.05) is 13.3 Å². The van der Waals surface area contributed by atoms with Crippen molar-refractivity contribution in [2.24, 2.45) is 11.7 Å². The van der Waals surface area contributed by atoms with Crippen LogP contribution in [-0.2, 0) is 0 Å². The number of hydrogen-bond donors (Lipinski definition) is 1. The predicted octanol–water partition coefficient (Wildman–Crippen LogP) is 2.33. The smallest absolute Gasteiger partial charge is 0.0175 e. The van der Waals surface area contributed by atoms with Crippen LogP contribution in [0.2, 0.25) is 0 Å². The van der Waals surface area contributed by atoms with Crippen molar-refractivity contribution in [3.8, 4) is 0 Å². The molecule has 2 fully saturated rings. The molecule has 2 nitrogen and oxygen atoms in total. The molecule has 16 heavy (non-hydrogen) atoms.